The Morgan fingerprint density at radius 1 is 0.259 bits per heavy atom. The zero-order chi connectivity index (χ0) is 43.0. The molecule has 320 valence electrons. The summed E-state index contributed by atoms with van der Waals surface area (Å²) in [5, 5.41) is 0. The van der Waals surface area contributed by atoms with E-state index >= 15 is 0 Å². The van der Waals surface area contributed by atoms with E-state index in [1.165, 1.54) is 0 Å². The molecule has 0 amide bonds. The zero-order valence-electron chi connectivity index (χ0n) is 22.7. The molecule has 0 atom stereocenters. The van der Waals surface area contributed by atoms with Gasteiger partial charge in [-0.15, -0.1) is 0 Å². The smallest absolute Gasteiger partial charge is 1.00 e. The van der Waals surface area contributed by atoms with Crippen LogP contribution in [0.3, 0.4) is 0 Å². The summed E-state index contributed by atoms with van der Waals surface area (Å²) in [5.41, 5.74) is 0. The SMILES string of the molecule is O=P([O][Mo](=[O])(=[O])[O][Mo](=[O])(=[O])[O][Mo](=[O])(=[O])[O][Mo](=[O])(=[O])[O-])([O][Mo](=[O])(=[O])[O][Mo](=[O])(=[O])[O][Mo](=[O])(=[O])[O][Mo](=[O])(=[O])[O-])[O][Mo](=[O])(=[O])[O][Mo](=[O])(=[O])[O][Mo](=[O])(=[O])[O][Mo](=[O])(=[O])[O-].[Na+]. The summed E-state index contributed by atoms with van der Waals surface area (Å²) >= 11 is -98.5. The van der Waals surface area contributed by atoms with Gasteiger partial charge in [0.25, 0.3) is 0 Å². The molecule has 0 bridgehead atoms. The van der Waals surface area contributed by atoms with E-state index in [2.05, 4.69) is 27.9 Å². The fourth-order valence-corrected chi connectivity index (χ4v) is 60.0. The molecule has 54 heavy (non-hydrogen) atoms. The standard InChI is InChI=1S/12Mo.Na.H3O4P.36O/c;;;;;;;;;;;;;1-5(2,3)4;;;;;;;;;;;;;;;;;;;;;;;;;;;;;;;;;;;;/h;;;;;;;;;;;;;(H3,1,2,3,4);;;;;;;;;;;;;;;;;;;;;;;;;;;;;;;;;;;;/q;;;;;;;;;4*+1;;;;;;;;;;;;;;;;;;;;;;;;;;;;;;;;;;;3*-1/p-3. The second-order valence-corrected chi connectivity index (χ2v) is 55.7. The maximum atomic E-state index is 12.7. The molecule has 0 saturated heterocycles. The Morgan fingerprint density at radius 3 is 0.537 bits per heavy atom. The molecule has 0 aliphatic rings. The molecule has 0 heterocycles. The third-order valence-corrected chi connectivity index (χ3v) is 62.2. The van der Waals surface area contributed by atoms with Crippen LogP contribution in [0, 0.1) is 0 Å². The van der Waals surface area contributed by atoms with Crippen molar-refractivity contribution in [2.24, 2.45) is 0 Å². The molecular formula is Mo12NaO40P-2. The van der Waals surface area contributed by atoms with E-state index in [-0.39, 0.29) is 29.6 Å². The van der Waals surface area contributed by atoms with Crippen molar-refractivity contribution in [3.8, 4) is 0 Å². The van der Waals surface area contributed by atoms with E-state index in [4.69, 9.17) is 0 Å². The molecule has 0 spiro atoms. The van der Waals surface area contributed by atoms with Crippen molar-refractivity contribution in [2.75, 3.05) is 0 Å². The summed E-state index contributed by atoms with van der Waals surface area (Å²) in [6, 6.07) is 0. The summed E-state index contributed by atoms with van der Waals surface area (Å²) < 4.78 is 351. The minimum Gasteiger partial charge on any atom is 1.00 e. The van der Waals surface area contributed by atoms with E-state index in [0.717, 1.165) is 0 Å². The fourth-order valence-electron chi connectivity index (χ4n) is 1.40. The van der Waals surface area contributed by atoms with E-state index in [9.17, 15) is 97.4 Å². The van der Waals surface area contributed by atoms with Gasteiger partial charge in [-0.3, -0.25) is 0 Å². The first-order valence-electron chi connectivity index (χ1n) is 8.73. The molecule has 0 fully saturated rings. The second kappa shape index (κ2) is 20.3. The number of rotatable bonds is 24. The summed E-state index contributed by atoms with van der Waals surface area (Å²) in [4.78, 5) is 0. The molecule has 0 unspecified atom stereocenters. The van der Waals surface area contributed by atoms with Gasteiger partial charge < -0.3 is 0 Å². The number of hydrogen-bond donors (Lipinski definition) is 0. The van der Waals surface area contributed by atoms with E-state index in [1.807, 2.05) is 0 Å². The van der Waals surface area contributed by atoms with Crippen LogP contribution in [-0.2, 0) is 315 Å². The van der Waals surface area contributed by atoms with Crippen LogP contribution < -0.4 is 40.8 Å². The molecule has 0 aromatic heterocycles. The normalized spacial score (nSPS) is 15.3. The molecule has 0 saturated carbocycles. The maximum absolute atomic E-state index is 12.7. The van der Waals surface area contributed by atoms with Gasteiger partial charge in [0, 0.05) is 0 Å². The molecular weight excluding hydrogens is 1850 g/mol. The van der Waals surface area contributed by atoms with Crippen molar-refractivity contribution in [1.29, 1.82) is 0 Å². The van der Waals surface area contributed by atoms with Gasteiger partial charge in [0.15, 0.2) is 0 Å². The van der Waals surface area contributed by atoms with E-state index in [1.54, 1.807) is 0 Å². The maximum Gasteiger partial charge on any atom is 1.00 e. The van der Waals surface area contributed by atoms with E-state index in [0.29, 0.717) is 0 Å². The average Bonchev–Trinajstić information content (AvgIpc) is 2.58. The Balaban J connectivity index is 0. The van der Waals surface area contributed by atoms with Gasteiger partial charge in [-0.2, -0.15) is 0 Å². The first-order chi connectivity index (χ1) is 22.5. The molecule has 0 N–H and O–H groups in total. The summed E-state index contributed by atoms with van der Waals surface area (Å²) in [6.07, 6.45) is 0. The van der Waals surface area contributed by atoms with Crippen LogP contribution in [-0.4, -0.2) is 0 Å². The zero-order valence-corrected chi connectivity index (χ0v) is 49.7. The van der Waals surface area contributed by atoms with Crippen molar-refractivity contribution in [3.05, 3.63) is 0 Å². The minimum absolute atomic E-state index is 0. The van der Waals surface area contributed by atoms with Crippen LogP contribution >= 0.6 is 7.82 Å². The van der Waals surface area contributed by atoms with Gasteiger partial charge in [0.2, 0.25) is 0 Å². The Morgan fingerprint density at radius 2 is 0.389 bits per heavy atom. The quantitative estimate of drug-likeness (QED) is 0.0640. The van der Waals surface area contributed by atoms with Crippen LogP contribution in [0.25, 0.3) is 0 Å². The van der Waals surface area contributed by atoms with Crippen molar-refractivity contribution < 1.29 is 356 Å². The van der Waals surface area contributed by atoms with Crippen LogP contribution in [0.1, 0.15) is 0 Å². The third-order valence-electron chi connectivity index (χ3n) is 2.05. The summed E-state index contributed by atoms with van der Waals surface area (Å²) in [5.74, 6) is 0. The molecule has 0 aliphatic carbocycles. The van der Waals surface area contributed by atoms with Gasteiger partial charge in [0.1, 0.15) is 0 Å². The molecule has 0 radical (unpaired) electrons. The van der Waals surface area contributed by atoms with Gasteiger partial charge in [0.05, 0.1) is 0 Å². The fraction of sp³-hybridized carbons (Fsp3) is 0. The summed E-state index contributed by atoms with van der Waals surface area (Å²) in [6.45, 7) is 0. The average molecular weight is 1850 g/mol. The molecule has 0 aliphatic heterocycles. The van der Waals surface area contributed by atoms with Crippen molar-refractivity contribution >= 4 is 7.82 Å². The Kier molecular flexibility index (Phi) is 22.6. The predicted octanol–water partition coefficient (Wildman–Crippen LogP) is -9.52. The molecule has 0 aromatic rings. The van der Waals surface area contributed by atoms with Crippen LogP contribution in [0.4, 0.5) is 0 Å². The van der Waals surface area contributed by atoms with Crippen LogP contribution in [0.15, 0.2) is 0 Å². The number of hydrogen-bond acceptors (Lipinski definition) is 40. The van der Waals surface area contributed by atoms with Gasteiger partial charge in [-0.25, -0.2) is 0 Å². The van der Waals surface area contributed by atoms with Gasteiger partial charge >= 0.3 is 364 Å². The first kappa shape index (κ1) is 60.2. The predicted molar refractivity (Wildman–Crippen MR) is 37.1 cm³/mol. The van der Waals surface area contributed by atoms with Crippen LogP contribution in [0.5, 0.6) is 0 Å². The van der Waals surface area contributed by atoms with Gasteiger partial charge in [-0.1, -0.05) is 0 Å². The van der Waals surface area contributed by atoms with E-state index < -0.39 is 209 Å². The Hall–Kier alpha value is 4.09. The molecule has 0 rings (SSSR count). The van der Waals surface area contributed by atoms with Crippen LogP contribution in [0.2, 0.25) is 0 Å². The van der Waals surface area contributed by atoms with Crippen molar-refractivity contribution in [1.82, 2.24) is 0 Å². The Labute approximate surface area is 356 Å². The monoisotopic (exact) mass is 1870 g/mol. The van der Waals surface area contributed by atoms with Crippen molar-refractivity contribution in [3.63, 3.8) is 0 Å². The topological polar surface area (TPSA) is 607 Å². The first-order valence-corrected chi connectivity index (χ1v) is 49.5. The molecule has 40 nitrogen and oxygen atoms in total. The van der Waals surface area contributed by atoms with Crippen molar-refractivity contribution in [2.45, 2.75) is 0 Å². The Bertz CT molecular complexity index is 2510. The third kappa shape index (κ3) is 29.4. The largest absolute Gasteiger partial charge is 1.00 e. The molecule has 54 heteroatoms. The minimum atomic E-state index is -8.82. The summed E-state index contributed by atoms with van der Waals surface area (Å²) in [7, 11) is -7.94. The number of phosphoric acid groups is 1. The second-order valence-electron chi connectivity index (χ2n) is 6.18. The molecule has 0 aromatic carbocycles. The van der Waals surface area contributed by atoms with Gasteiger partial charge in [-0.05, 0) is 0 Å².